The van der Waals surface area contributed by atoms with E-state index in [0.29, 0.717) is 29.3 Å². The van der Waals surface area contributed by atoms with E-state index in [9.17, 15) is 14.7 Å². The second-order valence-electron chi connectivity index (χ2n) is 6.35. The van der Waals surface area contributed by atoms with Crippen molar-refractivity contribution in [3.8, 4) is 5.75 Å². The Morgan fingerprint density at radius 2 is 1.88 bits per heavy atom. The van der Waals surface area contributed by atoms with Gasteiger partial charge in [-0.3, -0.25) is 9.59 Å². The fourth-order valence-corrected chi connectivity index (χ4v) is 3.44. The first-order valence-electron chi connectivity index (χ1n) is 8.48. The van der Waals surface area contributed by atoms with Gasteiger partial charge in [-0.1, -0.05) is 41.9 Å². The van der Waals surface area contributed by atoms with Gasteiger partial charge in [0.2, 0.25) is 0 Å². The summed E-state index contributed by atoms with van der Waals surface area (Å²) in [6.45, 7) is 2.45. The van der Waals surface area contributed by atoms with E-state index in [0.717, 1.165) is 5.56 Å². The number of likely N-dealkylation sites (tertiary alicyclic amines) is 1. The van der Waals surface area contributed by atoms with Crippen molar-refractivity contribution in [3.05, 3.63) is 64.7 Å². The number of carboxylic acid groups (broad SMARTS) is 1. The third-order valence-electron chi connectivity index (χ3n) is 4.79. The van der Waals surface area contributed by atoms with Crippen LogP contribution in [0.5, 0.6) is 5.75 Å². The van der Waals surface area contributed by atoms with Crippen molar-refractivity contribution in [2.75, 3.05) is 6.54 Å². The SMILES string of the molecule is CC1C(C(=O)O)CCN1C(=O)c1ccccc1OCc1ccccc1Cl. The number of carboxylic acids is 1. The lowest BCUT2D eigenvalue weighted by Crippen LogP contribution is -2.37. The molecule has 0 aromatic heterocycles. The van der Waals surface area contributed by atoms with Crippen LogP contribution in [0.3, 0.4) is 0 Å². The molecule has 0 aliphatic carbocycles. The van der Waals surface area contributed by atoms with Crippen molar-refractivity contribution in [2.45, 2.75) is 26.0 Å². The van der Waals surface area contributed by atoms with Gasteiger partial charge in [-0.25, -0.2) is 0 Å². The molecule has 136 valence electrons. The Hall–Kier alpha value is -2.53. The number of carbonyl (C=O) groups is 2. The molecule has 5 nitrogen and oxygen atoms in total. The largest absolute Gasteiger partial charge is 0.488 e. The number of amides is 1. The summed E-state index contributed by atoms with van der Waals surface area (Å²) < 4.78 is 5.85. The summed E-state index contributed by atoms with van der Waals surface area (Å²) in [5.74, 6) is -1.15. The highest BCUT2D eigenvalue weighted by molar-refractivity contribution is 6.31. The molecule has 6 heteroatoms. The molecule has 1 amide bonds. The first kappa shape index (κ1) is 18.3. The van der Waals surface area contributed by atoms with Gasteiger partial charge in [-0.05, 0) is 31.5 Å². The van der Waals surface area contributed by atoms with Gasteiger partial charge in [0.25, 0.3) is 5.91 Å². The van der Waals surface area contributed by atoms with Crippen LogP contribution in [0, 0.1) is 5.92 Å². The summed E-state index contributed by atoms with van der Waals surface area (Å²) in [4.78, 5) is 25.9. The topological polar surface area (TPSA) is 66.8 Å². The van der Waals surface area contributed by atoms with Crippen LogP contribution in [0.25, 0.3) is 0 Å². The normalized spacial score (nSPS) is 19.4. The van der Waals surface area contributed by atoms with Crippen LogP contribution in [0.15, 0.2) is 48.5 Å². The smallest absolute Gasteiger partial charge is 0.308 e. The summed E-state index contributed by atoms with van der Waals surface area (Å²) in [7, 11) is 0. The van der Waals surface area contributed by atoms with Crippen LogP contribution in [0.1, 0.15) is 29.3 Å². The molecule has 0 saturated carbocycles. The van der Waals surface area contributed by atoms with E-state index in [1.165, 1.54) is 0 Å². The number of hydrogen-bond acceptors (Lipinski definition) is 3. The van der Waals surface area contributed by atoms with Crippen LogP contribution in [-0.2, 0) is 11.4 Å². The number of ether oxygens (including phenoxy) is 1. The number of halogens is 1. The maximum absolute atomic E-state index is 13.0. The number of hydrogen-bond donors (Lipinski definition) is 1. The summed E-state index contributed by atoms with van der Waals surface area (Å²) in [6, 6.07) is 14.0. The molecule has 1 aliphatic rings. The fraction of sp³-hybridized carbons (Fsp3) is 0.300. The molecule has 1 heterocycles. The molecule has 0 radical (unpaired) electrons. The highest BCUT2D eigenvalue weighted by atomic mass is 35.5. The van der Waals surface area contributed by atoms with Crippen LogP contribution >= 0.6 is 11.6 Å². The van der Waals surface area contributed by atoms with Gasteiger partial charge in [-0.15, -0.1) is 0 Å². The molecule has 0 spiro atoms. The van der Waals surface area contributed by atoms with E-state index in [1.807, 2.05) is 18.2 Å². The molecule has 2 atom stereocenters. The van der Waals surface area contributed by atoms with E-state index in [2.05, 4.69) is 0 Å². The van der Waals surface area contributed by atoms with Crippen LogP contribution in [0.4, 0.5) is 0 Å². The van der Waals surface area contributed by atoms with E-state index in [4.69, 9.17) is 16.3 Å². The Morgan fingerprint density at radius 1 is 1.19 bits per heavy atom. The predicted molar refractivity (Wildman–Crippen MR) is 98.5 cm³/mol. The average molecular weight is 374 g/mol. The molecular weight excluding hydrogens is 354 g/mol. The van der Waals surface area contributed by atoms with Crippen molar-refractivity contribution in [2.24, 2.45) is 5.92 Å². The van der Waals surface area contributed by atoms with Crippen molar-refractivity contribution >= 4 is 23.5 Å². The van der Waals surface area contributed by atoms with Gasteiger partial charge in [0.15, 0.2) is 0 Å². The van der Waals surface area contributed by atoms with Crippen molar-refractivity contribution in [3.63, 3.8) is 0 Å². The van der Waals surface area contributed by atoms with Gasteiger partial charge in [-0.2, -0.15) is 0 Å². The number of nitrogens with zero attached hydrogens (tertiary/aromatic N) is 1. The maximum atomic E-state index is 13.0. The van der Waals surface area contributed by atoms with Gasteiger partial charge in [0, 0.05) is 23.2 Å². The average Bonchev–Trinajstić information content (AvgIpc) is 3.02. The fourth-order valence-electron chi connectivity index (χ4n) is 3.25. The van der Waals surface area contributed by atoms with E-state index >= 15 is 0 Å². The number of rotatable bonds is 5. The highest BCUT2D eigenvalue weighted by Crippen LogP contribution is 2.29. The monoisotopic (exact) mass is 373 g/mol. The minimum atomic E-state index is -0.865. The lowest BCUT2D eigenvalue weighted by atomic mass is 10.0. The summed E-state index contributed by atoms with van der Waals surface area (Å²) in [5.41, 5.74) is 1.26. The Kier molecular flexibility index (Phi) is 5.47. The molecular formula is C20H20ClNO4. The van der Waals surface area contributed by atoms with E-state index in [-0.39, 0.29) is 18.6 Å². The van der Waals surface area contributed by atoms with Gasteiger partial charge in [0.05, 0.1) is 11.5 Å². The van der Waals surface area contributed by atoms with Crippen LogP contribution in [-0.4, -0.2) is 34.5 Å². The summed E-state index contributed by atoms with van der Waals surface area (Å²) in [5, 5.41) is 9.87. The van der Waals surface area contributed by atoms with E-state index in [1.54, 1.807) is 42.2 Å². The molecule has 2 aromatic carbocycles. The Morgan fingerprint density at radius 3 is 2.58 bits per heavy atom. The second-order valence-corrected chi connectivity index (χ2v) is 6.76. The molecule has 1 aliphatic heterocycles. The highest BCUT2D eigenvalue weighted by Gasteiger charge is 2.38. The van der Waals surface area contributed by atoms with Crippen molar-refractivity contribution < 1.29 is 19.4 Å². The minimum absolute atomic E-state index is 0.212. The predicted octanol–water partition coefficient (Wildman–Crippen LogP) is 3.85. The minimum Gasteiger partial charge on any atom is -0.488 e. The quantitative estimate of drug-likeness (QED) is 0.864. The molecule has 1 fully saturated rings. The molecule has 1 saturated heterocycles. The van der Waals surface area contributed by atoms with Crippen molar-refractivity contribution in [1.82, 2.24) is 4.90 Å². The van der Waals surface area contributed by atoms with Crippen molar-refractivity contribution in [1.29, 1.82) is 0 Å². The maximum Gasteiger partial charge on any atom is 0.308 e. The molecule has 3 rings (SSSR count). The number of para-hydroxylation sites is 1. The zero-order valence-corrected chi connectivity index (χ0v) is 15.1. The Balaban J connectivity index is 1.78. The third kappa shape index (κ3) is 3.68. The van der Waals surface area contributed by atoms with Gasteiger partial charge < -0.3 is 14.7 Å². The molecule has 2 aromatic rings. The Bertz CT molecular complexity index is 823. The number of carbonyl (C=O) groups excluding carboxylic acids is 1. The Labute approximate surface area is 157 Å². The molecule has 1 N–H and O–H groups in total. The third-order valence-corrected chi connectivity index (χ3v) is 5.16. The molecule has 26 heavy (non-hydrogen) atoms. The van der Waals surface area contributed by atoms with Gasteiger partial charge in [0.1, 0.15) is 12.4 Å². The zero-order valence-electron chi connectivity index (χ0n) is 14.4. The number of benzene rings is 2. The lowest BCUT2D eigenvalue weighted by molar-refractivity contribution is -0.142. The summed E-state index contributed by atoms with van der Waals surface area (Å²) in [6.07, 6.45) is 0.463. The molecule has 0 bridgehead atoms. The number of aliphatic carboxylic acids is 1. The van der Waals surface area contributed by atoms with E-state index < -0.39 is 11.9 Å². The standard InChI is InChI=1S/C20H20ClNO4/c1-13-15(20(24)25)10-11-22(13)19(23)16-7-3-5-9-18(16)26-12-14-6-2-4-8-17(14)21/h2-9,13,15H,10-12H2,1H3,(H,24,25). The second kappa shape index (κ2) is 7.79. The molecule has 2 unspecified atom stereocenters. The summed E-state index contributed by atoms with van der Waals surface area (Å²) >= 11 is 6.15. The first-order valence-corrected chi connectivity index (χ1v) is 8.86. The van der Waals surface area contributed by atoms with Crippen LogP contribution < -0.4 is 4.74 Å². The zero-order chi connectivity index (χ0) is 18.7. The lowest BCUT2D eigenvalue weighted by Gasteiger charge is -2.24. The van der Waals surface area contributed by atoms with Gasteiger partial charge >= 0.3 is 5.97 Å². The van der Waals surface area contributed by atoms with Crippen LogP contribution in [0.2, 0.25) is 5.02 Å². The first-order chi connectivity index (χ1) is 12.5.